The lowest BCUT2D eigenvalue weighted by atomic mass is 10.1. The van der Waals surface area contributed by atoms with Crippen LogP contribution in [0.5, 0.6) is 0 Å². The highest BCUT2D eigenvalue weighted by atomic mass is 35.5. The quantitative estimate of drug-likeness (QED) is 0.752. The Bertz CT molecular complexity index is 310. The fraction of sp³-hybridized carbons (Fsp3) is 0.300. The predicted molar refractivity (Wildman–Crippen MR) is 53.8 cm³/mol. The number of carbonyl (C=O) groups is 1. The highest BCUT2D eigenvalue weighted by molar-refractivity contribution is 6.30. The minimum atomic E-state index is -0.360. The Labute approximate surface area is 87.8 Å². The molecule has 0 amide bonds. The molecule has 0 spiro atoms. The number of halogens is 1. The standard InChI is InChI=1S/C10H12ClNO2/c1-14-10(13)9(12)6-7-2-4-8(11)5-3-7/h2-5,9H,6,12H2,1H3/p+1/t9-/m1/s1. The first kappa shape index (κ1) is 11.0. The number of carbonyl (C=O) groups excluding carboxylic acids is 1. The molecule has 1 aromatic carbocycles. The molecule has 76 valence electrons. The average Bonchev–Trinajstić information content (AvgIpc) is 2.20. The van der Waals surface area contributed by atoms with Gasteiger partial charge in [-0.1, -0.05) is 23.7 Å². The van der Waals surface area contributed by atoms with Crippen LogP contribution in [0.25, 0.3) is 0 Å². The van der Waals surface area contributed by atoms with E-state index in [1.807, 2.05) is 12.1 Å². The fourth-order valence-corrected chi connectivity index (χ4v) is 1.28. The molecule has 0 aromatic heterocycles. The van der Waals surface area contributed by atoms with Crippen LogP contribution in [0.15, 0.2) is 24.3 Å². The van der Waals surface area contributed by atoms with E-state index >= 15 is 0 Å². The Morgan fingerprint density at radius 2 is 2.07 bits per heavy atom. The summed E-state index contributed by atoms with van der Waals surface area (Å²) in [6, 6.07) is 6.98. The van der Waals surface area contributed by atoms with Crippen LogP contribution < -0.4 is 5.73 Å². The molecule has 0 unspecified atom stereocenters. The van der Waals surface area contributed by atoms with E-state index in [2.05, 4.69) is 10.5 Å². The van der Waals surface area contributed by atoms with Crippen LogP contribution in [0.3, 0.4) is 0 Å². The highest BCUT2D eigenvalue weighted by Gasteiger charge is 2.17. The summed E-state index contributed by atoms with van der Waals surface area (Å²) < 4.78 is 4.58. The molecular weight excluding hydrogens is 202 g/mol. The molecule has 0 aliphatic carbocycles. The van der Waals surface area contributed by atoms with Gasteiger partial charge >= 0.3 is 5.97 Å². The predicted octanol–water partition coefficient (Wildman–Crippen LogP) is 0.666. The zero-order valence-electron chi connectivity index (χ0n) is 8.00. The number of quaternary nitrogens is 1. The van der Waals surface area contributed by atoms with Gasteiger partial charge in [0.2, 0.25) is 0 Å². The van der Waals surface area contributed by atoms with Crippen LogP contribution in [0.4, 0.5) is 0 Å². The van der Waals surface area contributed by atoms with Gasteiger partial charge in [0.15, 0.2) is 6.04 Å². The van der Waals surface area contributed by atoms with Gasteiger partial charge in [-0.2, -0.15) is 0 Å². The lowest BCUT2D eigenvalue weighted by Gasteiger charge is -2.05. The normalized spacial score (nSPS) is 12.2. The number of rotatable bonds is 3. The van der Waals surface area contributed by atoms with Gasteiger partial charge in [-0.05, 0) is 17.7 Å². The number of ether oxygens (including phenoxy) is 1. The molecular formula is C10H13ClNO2+. The van der Waals surface area contributed by atoms with Crippen molar-refractivity contribution in [3.05, 3.63) is 34.9 Å². The van der Waals surface area contributed by atoms with Crippen molar-refractivity contribution >= 4 is 17.6 Å². The smallest absolute Gasteiger partial charge is 0.364 e. The number of methoxy groups -OCH3 is 1. The first-order valence-corrected chi connectivity index (χ1v) is 4.66. The van der Waals surface area contributed by atoms with Crippen LogP contribution in [0.1, 0.15) is 5.56 Å². The summed E-state index contributed by atoms with van der Waals surface area (Å²) in [5, 5.41) is 0.687. The Balaban J connectivity index is 2.60. The maximum atomic E-state index is 11.1. The van der Waals surface area contributed by atoms with Crippen LogP contribution in [0, 0.1) is 0 Å². The summed E-state index contributed by atoms with van der Waals surface area (Å²) in [6.07, 6.45) is 0.573. The summed E-state index contributed by atoms with van der Waals surface area (Å²) in [5.74, 6) is -0.292. The molecule has 0 saturated carbocycles. The van der Waals surface area contributed by atoms with Gasteiger partial charge in [0.05, 0.1) is 7.11 Å². The van der Waals surface area contributed by atoms with Crippen LogP contribution in [-0.4, -0.2) is 19.1 Å². The van der Waals surface area contributed by atoms with Crippen molar-refractivity contribution in [3.8, 4) is 0 Å². The molecule has 0 aliphatic rings. The van der Waals surface area contributed by atoms with Crippen molar-refractivity contribution in [2.45, 2.75) is 12.5 Å². The van der Waals surface area contributed by atoms with Crippen LogP contribution >= 0.6 is 11.6 Å². The van der Waals surface area contributed by atoms with Gasteiger partial charge in [0.1, 0.15) is 0 Å². The molecule has 0 fully saturated rings. The number of benzene rings is 1. The van der Waals surface area contributed by atoms with Crippen molar-refractivity contribution in [2.24, 2.45) is 0 Å². The van der Waals surface area contributed by atoms with E-state index in [1.165, 1.54) is 7.11 Å². The van der Waals surface area contributed by atoms with E-state index in [1.54, 1.807) is 12.1 Å². The summed E-state index contributed by atoms with van der Waals surface area (Å²) in [5.41, 5.74) is 4.75. The van der Waals surface area contributed by atoms with Crippen molar-refractivity contribution in [3.63, 3.8) is 0 Å². The molecule has 3 N–H and O–H groups in total. The van der Waals surface area contributed by atoms with Gasteiger partial charge in [-0.25, -0.2) is 4.79 Å². The lowest BCUT2D eigenvalue weighted by Crippen LogP contribution is -2.66. The Hall–Kier alpha value is -1.06. The third-order valence-electron chi connectivity index (χ3n) is 1.93. The highest BCUT2D eigenvalue weighted by Crippen LogP contribution is 2.10. The number of hydrogen-bond acceptors (Lipinski definition) is 2. The number of hydrogen-bond donors (Lipinski definition) is 1. The molecule has 14 heavy (non-hydrogen) atoms. The largest absolute Gasteiger partial charge is 0.465 e. The molecule has 0 aliphatic heterocycles. The minimum Gasteiger partial charge on any atom is -0.465 e. The van der Waals surface area contributed by atoms with Gasteiger partial charge in [-0.3, -0.25) is 0 Å². The average molecular weight is 215 g/mol. The zero-order chi connectivity index (χ0) is 10.6. The first-order chi connectivity index (χ1) is 6.63. The monoisotopic (exact) mass is 214 g/mol. The van der Waals surface area contributed by atoms with E-state index in [4.69, 9.17) is 11.6 Å². The summed E-state index contributed by atoms with van der Waals surface area (Å²) >= 11 is 5.73. The van der Waals surface area contributed by atoms with Crippen molar-refractivity contribution in [1.29, 1.82) is 0 Å². The summed E-state index contributed by atoms with van der Waals surface area (Å²) in [6.45, 7) is 0. The molecule has 1 rings (SSSR count). The second-order valence-corrected chi connectivity index (χ2v) is 3.49. The van der Waals surface area contributed by atoms with E-state index in [-0.39, 0.29) is 12.0 Å². The molecule has 4 heteroatoms. The van der Waals surface area contributed by atoms with Crippen LogP contribution in [0.2, 0.25) is 5.02 Å². The van der Waals surface area contributed by atoms with Crippen molar-refractivity contribution < 1.29 is 15.3 Å². The van der Waals surface area contributed by atoms with Gasteiger partial charge in [0, 0.05) is 11.4 Å². The van der Waals surface area contributed by atoms with Gasteiger partial charge in [0.25, 0.3) is 0 Å². The molecule has 0 heterocycles. The third-order valence-corrected chi connectivity index (χ3v) is 2.18. The topological polar surface area (TPSA) is 53.9 Å². The van der Waals surface area contributed by atoms with E-state index in [0.717, 1.165) is 5.56 Å². The maximum Gasteiger partial charge on any atom is 0.364 e. The minimum absolute atomic E-state index is 0.292. The Morgan fingerprint density at radius 3 is 2.57 bits per heavy atom. The molecule has 0 bridgehead atoms. The van der Waals surface area contributed by atoms with Gasteiger partial charge in [-0.15, -0.1) is 0 Å². The zero-order valence-corrected chi connectivity index (χ0v) is 8.75. The maximum absolute atomic E-state index is 11.1. The Kier molecular flexibility index (Phi) is 3.92. The van der Waals surface area contributed by atoms with Crippen molar-refractivity contribution in [1.82, 2.24) is 0 Å². The second-order valence-electron chi connectivity index (χ2n) is 3.05. The summed E-state index contributed by atoms with van der Waals surface area (Å²) in [7, 11) is 1.36. The molecule has 0 saturated heterocycles. The third kappa shape index (κ3) is 3.01. The van der Waals surface area contributed by atoms with E-state index < -0.39 is 0 Å². The SMILES string of the molecule is COC(=O)[C@H]([NH3+])Cc1ccc(Cl)cc1. The Morgan fingerprint density at radius 1 is 1.50 bits per heavy atom. The van der Waals surface area contributed by atoms with Gasteiger partial charge < -0.3 is 10.5 Å². The lowest BCUT2D eigenvalue weighted by molar-refractivity contribution is -0.407. The second kappa shape index (κ2) is 4.98. The van der Waals surface area contributed by atoms with Crippen molar-refractivity contribution in [2.75, 3.05) is 7.11 Å². The van der Waals surface area contributed by atoms with Crippen LogP contribution in [-0.2, 0) is 16.0 Å². The first-order valence-electron chi connectivity index (χ1n) is 4.29. The molecule has 1 aromatic rings. The van der Waals surface area contributed by atoms with E-state index in [0.29, 0.717) is 11.4 Å². The van der Waals surface area contributed by atoms with E-state index in [9.17, 15) is 4.79 Å². The molecule has 3 nitrogen and oxygen atoms in total. The molecule has 0 radical (unpaired) electrons. The summed E-state index contributed by atoms with van der Waals surface area (Å²) in [4.78, 5) is 11.1. The fourth-order valence-electron chi connectivity index (χ4n) is 1.16. The molecule has 1 atom stereocenters. The number of esters is 1.